The molecular weight excluding hydrogens is 234 g/mol. The molecule has 2 atom stereocenters. The predicted molar refractivity (Wildman–Crippen MR) is 81.7 cm³/mol. The van der Waals surface area contributed by atoms with Gasteiger partial charge < -0.3 is 10.5 Å². The third kappa shape index (κ3) is 3.43. The summed E-state index contributed by atoms with van der Waals surface area (Å²) in [6, 6.07) is 4.20. The Labute approximate surface area is 117 Å². The molecule has 1 saturated carbocycles. The molecule has 0 spiro atoms. The van der Waals surface area contributed by atoms with Crippen molar-refractivity contribution in [2.75, 3.05) is 5.73 Å². The SMILES string of the molecule is Cc1cc(OC2CCCC(C)C2)c(C(C)C)cc1N. The van der Waals surface area contributed by atoms with Gasteiger partial charge in [0.05, 0.1) is 6.10 Å². The molecule has 1 aliphatic rings. The van der Waals surface area contributed by atoms with Gasteiger partial charge in [-0.2, -0.15) is 0 Å². The van der Waals surface area contributed by atoms with E-state index >= 15 is 0 Å². The van der Waals surface area contributed by atoms with Gasteiger partial charge in [-0.15, -0.1) is 0 Å². The highest BCUT2D eigenvalue weighted by atomic mass is 16.5. The van der Waals surface area contributed by atoms with Crippen LogP contribution in [0.5, 0.6) is 5.75 Å². The molecule has 0 aromatic heterocycles. The Hall–Kier alpha value is -1.18. The highest BCUT2D eigenvalue weighted by Crippen LogP contribution is 2.34. The first-order valence-corrected chi connectivity index (χ1v) is 7.54. The summed E-state index contributed by atoms with van der Waals surface area (Å²) in [4.78, 5) is 0. The molecule has 0 aliphatic heterocycles. The summed E-state index contributed by atoms with van der Waals surface area (Å²) in [5.41, 5.74) is 9.25. The summed E-state index contributed by atoms with van der Waals surface area (Å²) in [5, 5.41) is 0. The Kier molecular flexibility index (Phi) is 4.38. The minimum absolute atomic E-state index is 0.379. The maximum Gasteiger partial charge on any atom is 0.123 e. The van der Waals surface area contributed by atoms with Crippen LogP contribution in [-0.2, 0) is 0 Å². The van der Waals surface area contributed by atoms with Gasteiger partial charge in [-0.3, -0.25) is 0 Å². The van der Waals surface area contributed by atoms with Gasteiger partial charge in [0.25, 0.3) is 0 Å². The summed E-state index contributed by atoms with van der Waals surface area (Å²) < 4.78 is 6.30. The normalized spacial score (nSPS) is 23.6. The van der Waals surface area contributed by atoms with Crippen molar-refractivity contribution in [2.24, 2.45) is 5.92 Å². The van der Waals surface area contributed by atoms with Gasteiger partial charge in [-0.25, -0.2) is 0 Å². The summed E-state index contributed by atoms with van der Waals surface area (Å²) in [5.74, 6) is 2.27. The second-order valence-electron chi connectivity index (χ2n) is 6.41. The van der Waals surface area contributed by atoms with Gasteiger partial charge in [0.15, 0.2) is 0 Å². The molecule has 0 radical (unpaired) electrons. The zero-order valence-corrected chi connectivity index (χ0v) is 12.7. The topological polar surface area (TPSA) is 35.2 Å². The number of ether oxygens (including phenoxy) is 1. The van der Waals surface area contributed by atoms with E-state index in [1.165, 1.54) is 31.2 Å². The van der Waals surface area contributed by atoms with Crippen molar-refractivity contribution in [3.8, 4) is 5.75 Å². The molecule has 1 aromatic carbocycles. The van der Waals surface area contributed by atoms with Crippen molar-refractivity contribution in [1.82, 2.24) is 0 Å². The van der Waals surface area contributed by atoms with Crippen molar-refractivity contribution in [3.05, 3.63) is 23.3 Å². The van der Waals surface area contributed by atoms with Crippen LogP contribution in [0, 0.1) is 12.8 Å². The zero-order valence-electron chi connectivity index (χ0n) is 12.7. The number of hydrogen-bond donors (Lipinski definition) is 1. The van der Waals surface area contributed by atoms with E-state index in [0.29, 0.717) is 12.0 Å². The molecular formula is C17H27NO. The Morgan fingerprint density at radius 2 is 2.00 bits per heavy atom. The second-order valence-corrected chi connectivity index (χ2v) is 6.41. The number of rotatable bonds is 3. The average molecular weight is 261 g/mol. The average Bonchev–Trinajstić information content (AvgIpc) is 2.33. The second kappa shape index (κ2) is 5.85. The van der Waals surface area contributed by atoms with Crippen molar-refractivity contribution < 1.29 is 4.74 Å². The lowest BCUT2D eigenvalue weighted by Crippen LogP contribution is -2.24. The van der Waals surface area contributed by atoms with Crippen molar-refractivity contribution in [2.45, 2.75) is 65.4 Å². The van der Waals surface area contributed by atoms with E-state index in [0.717, 1.165) is 22.9 Å². The minimum Gasteiger partial charge on any atom is -0.490 e. The van der Waals surface area contributed by atoms with Crippen LogP contribution in [0.4, 0.5) is 5.69 Å². The van der Waals surface area contributed by atoms with Gasteiger partial charge in [0.1, 0.15) is 5.75 Å². The van der Waals surface area contributed by atoms with Gasteiger partial charge in [-0.1, -0.05) is 27.2 Å². The predicted octanol–water partition coefficient (Wildman–Crippen LogP) is 4.66. The smallest absolute Gasteiger partial charge is 0.123 e. The van der Waals surface area contributed by atoms with Crippen molar-refractivity contribution in [3.63, 3.8) is 0 Å². The zero-order chi connectivity index (χ0) is 14.0. The van der Waals surface area contributed by atoms with E-state index in [4.69, 9.17) is 10.5 Å². The maximum atomic E-state index is 6.30. The molecule has 1 aliphatic carbocycles. The number of nitrogens with two attached hydrogens (primary N) is 1. The number of anilines is 1. The number of benzene rings is 1. The van der Waals surface area contributed by atoms with Gasteiger partial charge in [0, 0.05) is 5.69 Å². The van der Waals surface area contributed by atoms with Crippen LogP contribution in [0.1, 0.15) is 63.5 Å². The van der Waals surface area contributed by atoms with Crippen LogP contribution in [0.2, 0.25) is 0 Å². The van der Waals surface area contributed by atoms with Crippen LogP contribution in [0.3, 0.4) is 0 Å². The van der Waals surface area contributed by atoms with E-state index in [1.807, 2.05) is 0 Å². The standard InChI is InChI=1S/C17H27NO/c1-11(2)15-10-16(18)13(4)9-17(15)19-14-7-5-6-12(3)8-14/h9-12,14H,5-8,18H2,1-4H3. The molecule has 2 unspecified atom stereocenters. The highest BCUT2D eigenvalue weighted by Gasteiger charge is 2.22. The first kappa shape index (κ1) is 14.2. The summed E-state index contributed by atoms with van der Waals surface area (Å²) in [6.07, 6.45) is 5.38. The fourth-order valence-electron chi connectivity index (χ4n) is 2.93. The molecule has 2 N–H and O–H groups in total. The molecule has 2 nitrogen and oxygen atoms in total. The van der Waals surface area contributed by atoms with E-state index in [1.54, 1.807) is 0 Å². The molecule has 0 saturated heterocycles. The molecule has 1 aromatic rings. The molecule has 0 heterocycles. The largest absolute Gasteiger partial charge is 0.490 e. The monoisotopic (exact) mass is 261 g/mol. The highest BCUT2D eigenvalue weighted by molar-refractivity contribution is 5.55. The Morgan fingerprint density at radius 3 is 2.63 bits per heavy atom. The van der Waals surface area contributed by atoms with Crippen molar-refractivity contribution >= 4 is 5.69 Å². The van der Waals surface area contributed by atoms with Crippen LogP contribution in [0.15, 0.2) is 12.1 Å². The maximum absolute atomic E-state index is 6.30. The van der Waals surface area contributed by atoms with Gasteiger partial charge in [-0.05, 0) is 61.3 Å². The van der Waals surface area contributed by atoms with Crippen molar-refractivity contribution in [1.29, 1.82) is 0 Å². The first-order chi connectivity index (χ1) is 8.97. The van der Waals surface area contributed by atoms with E-state index in [9.17, 15) is 0 Å². The quantitative estimate of drug-likeness (QED) is 0.803. The lowest BCUT2D eigenvalue weighted by atomic mass is 9.88. The van der Waals surface area contributed by atoms with Crippen LogP contribution < -0.4 is 10.5 Å². The van der Waals surface area contributed by atoms with E-state index < -0.39 is 0 Å². The number of nitrogen functional groups attached to an aromatic ring is 1. The molecule has 2 rings (SSSR count). The molecule has 1 fully saturated rings. The molecule has 19 heavy (non-hydrogen) atoms. The Morgan fingerprint density at radius 1 is 1.26 bits per heavy atom. The third-order valence-corrected chi connectivity index (χ3v) is 4.20. The summed E-state index contributed by atoms with van der Waals surface area (Å²) in [7, 11) is 0. The van der Waals surface area contributed by atoms with E-state index in [-0.39, 0.29) is 0 Å². The molecule has 0 amide bonds. The molecule has 0 bridgehead atoms. The minimum atomic E-state index is 0.379. The van der Waals surface area contributed by atoms with Crippen LogP contribution in [0.25, 0.3) is 0 Å². The van der Waals surface area contributed by atoms with Crippen LogP contribution >= 0.6 is 0 Å². The Bertz CT molecular complexity index is 439. The summed E-state index contributed by atoms with van der Waals surface area (Å²) >= 11 is 0. The lowest BCUT2D eigenvalue weighted by Gasteiger charge is -2.29. The lowest BCUT2D eigenvalue weighted by molar-refractivity contribution is 0.127. The van der Waals surface area contributed by atoms with E-state index in [2.05, 4.69) is 39.8 Å². The summed E-state index contributed by atoms with van der Waals surface area (Å²) in [6.45, 7) is 8.77. The molecule has 106 valence electrons. The number of hydrogen-bond acceptors (Lipinski definition) is 2. The number of aryl methyl sites for hydroxylation is 1. The first-order valence-electron chi connectivity index (χ1n) is 7.54. The van der Waals surface area contributed by atoms with Gasteiger partial charge in [0.2, 0.25) is 0 Å². The van der Waals surface area contributed by atoms with Gasteiger partial charge >= 0.3 is 0 Å². The van der Waals surface area contributed by atoms with Crippen LogP contribution in [-0.4, -0.2) is 6.10 Å². The fraction of sp³-hybridized carbons (Fsp3) is 0.647. The third-order valence-electron chi connectivity index (χ3n) is 4.20. The molecule has 2 heteroatoms. The Balaban J connectivity index is 2.20. The fourth-order valence-corrected chi connectivity index (χ4v) is 2.93.